The van der Waals surface area contributed by atoms with E-state index in [-0.39, 0.29) is 4.90 Å². The quantitative estimate of drug-likeness (QED) is 0.592. The van der Waals surface area contributed by atoms with Crippen molar-refractivity contribution in [3.05, 3.63) is 41.3 Å². The molecule has 1 rings (SSSR count). The Morgan fingerprint density at radius 3 is 2.62 bits per heavy atom. The molecule has 1 aromatic rings. The maximum atomic E-state index is 11.7. The van der Waals surface area contributed by atoms with Crippen LogP contribution in [0.3, 0.4) is 0 Å². The minimum atomic E-state index is -3.57. The molecule has 0 aromatic heterocycles. The molecule has 0 N–H and O–H groups in total. The van der Waals surface area contributed by atoms with Gasteiger partial charge in [-0.05, 0) is 24.6 Å². The highest BCUT2D eigenvalue weighted by Gasteiger charge is 2.10. The standard InChI is InChI=1S/C11H12O4S/c1-9-4-3-5-10(8-9)16(13,14)7-6-11(12)15-2/h3-8H,1-2H3/b7-6+. The van der Waals surface area contributed by atoms with Crippen LogP contribution in [0.15, 0.2) is 40.6 Å². The number of sulfone groups is 1. The van der Waals surface area contributed by atoms with Gasteiger partial charge in [0.1, 0.15) is 0 Å². The number of ether oxygens (including phenoxy) is 1. The molecule has 16 heavy (non-hydrogen) atoms. The third-order valence-corrected chi connectivity index (χ3v) is 3.31. The third kappa shape index (κ3) is 3.20. The molecule has 0 radical (unpaired) electrons. The molecule has 0 aliphatic rings. The van der Waals surface area contributed by atoms with Crippen LogP contribution in [0.5, 0.6) is 0 Å². The zero-order chi connectivity index (χ0) is 12.2. The number of methoxy groups -OCH3 is 1. The van der Waals surface area contributed by atoms with Gasteiger partial charge in [0.05, 0.1) is 12.0 Å². The van der Waals surface area contributed by atoms with Crippen LogP contribution in [0.25, 0.3) is 0 Å². The van der Waals surface area contributed by atoms with Gasteiger partial charge in [-0.25, -0.2) is 13.2 Å². The van der Waals surface area contributed by atoms with Crippen molar-refractivity contribution < 1.29 is 17.9 Å². The van der Waals surface area contributed by atoms with Crippen molar-refractivity contribution in [1.29, 1.82) is 0 Å². The first-order chi connectivity index (χ1) is 7.45. The second kappa shape index (κ2) is 4.94. The zero-order valence-corrected chi connectivity index (χ0v) is 9.82. The van der Waals surface area contributed by atoms with E-state index in [2.05, 4.69) is 4.74 Å². The summed E-state index contributed by atoms with van der Waals surface area (Å²) in [5, 5.41) is 0.841. The number of rotatable bonds is 3. The Morgan fingerprint density at radius 2 is 2.06 bits per heavy atom. The van der Waals surface area contributed by atoms with Gasteiger partial charge in [0.2, 0.25) is 0 Å². The second-order valence-corrected chi connectivity index (χ2v) is 5.02. The third-order valence-electron chi connectivity index (χ3n) is 1.90. The fraction of sp³-hybridized carbons (Fsp3) is 0.182. The monoisotopic (exact) mass is 240 g/mol. The molecule has 0 aliphatic heterocycles. The van der Waals surface area contributed by atoms with Crippen molar-refractivity contribution >= 4 is 15.8 Å². The molecular formula is C11H12O4S. The minimum absolute atomic E-state index is 0.160. The predicted octanol–water partition coefficient (Wildman–Crippen LogP) is 1.46. The Bertz CT molecular complexity index is 515. The number of hydrogen-bond acceptors (Lipinski definition) is 4. The van der Waals surface area contributed by atoms with Crippen molar-refractivity contribution in [2.75, 3.05) is 7.11 Å². The highest BCUT2D eigenvalue weighted by molar-refractivity contribution is 7.94. The molecule has 86 valence electrons. The van der Waals surface area contributed by atoms with Crippen molar-refractivity contribution in [3.63, 3.8) is 0 Å². The topological polar surface area (TPSA) is 60.4 Å². The number of hydrogen-bond donors (Lipinski definition) is 0. The van der Waals surface area contributed by atoms with E-state index in [4.69, 9.17) is 0 Å². The Balaban J connectivity index is 3.04. The van der Waals surface area contributed by atoms with Crippen LogP contribution in [0.4, 0.5) is 0 Å². The molecule has 0 amide bonds. The molecule has 0 heterocycles. The molecule has 0 fully saturated rings. The Morgan fingerprint density at radius 1 is 1.38 bits per heavy atom. The first-order valence-corrected chi connectivity index (χ1v) is 6.08. The van der Waals surface area contributed by atoms with Crippen molar-refractivity contribution in [2.24, 2.45) is 0 Å². The van der Waals surface area contributed by atoms with Crippen LogP contribution < -0.4 is 0 Å². The number of benzene rings is 1. The van der Waals surface area contributed by atoms with Gasteiger partial charge in [-0.3, -0.25) is 0 Å². The summed E-state index contributed by atoms with van der Waals surface area (Å²) in [5.41, 5.74) is 0.840. The zero-order valence-electron chi connectivity index (χ0n) is 9.01. The van der Waals surface area contributed by atoms with E-state index in [9.17, 15) is 13.2 Å². The maximum absolute atomic E-state index is 11.7. The van der Waals surface area contributed by atoms with E-state index < -0.39 is 15.8 Å². The first-order valence-electron chi connectivity index (χ1n) is 4.53. The van der Waals surface area contributed by atoms with Crippen LogP contribution >= 0.6 is 0 Å². The summed E-state index contributed by atoms with van der Waals surface area (Å²) in [6, 6.07) is 6.46. The van der Waals surface area contributed by atoms with E-state index >= 15 is 0 Å². The minimum Gasteiger partial charge on any atom is -0.466 e. The summed E-state index contributed by atoms with van der Waals surface area (Å²) < 4.78 is 27.7. The van der Waals surface area contributed by atoms with Crippen molar-refractivity contribution in [2.45, 2.75) is 11.8 Å². The van der Waals surface area contributed by atoms with Gasteiger partial charge in [0.25, 0.3) is 0 Å². The molecule has 0 saturated heterocycles. The Labute approximate surface area is 94.5 Å². The first kappa shape index (κ1) is 12.4. The van der Waals surface area contributed by atoms with Crippen LogP contribution in [0.2, 0.25) is 0 Å². The molecule has 0 saturated carbocycles. The highest BCUT2D eigenvalue weighted by atomic mass is 32.2. The summed E-state index contributed by atoms with van der Waals surface area (Å²) in [5.74, 6) is -0.698. The molecule has 0 aliphatic carbocycles. The largest absolute Gasteiger partial charge is 0.466 e. The smallest absolute Gasteiger partial charge is 0.331 e. The molecule has 4 nitrogen and oxygen atoms in total. The normalized spacial score (nSPS) is 11.6. The fourth-order valence-electron chi connectivity index (χ4n) is 1.08. The predicted molar refractivity (Wildman–Crippen MR) is 59.5 cm³/mol. The van der Waals surface area contributed by atoms with Crippen molar-refractivity contribution in [3.8, 4) is 0 Å². The summed E-state index contributed by atoms with van der Waals surface area (Å²) >= 11 is 0. The molecule has 0 unspecified atom stereocenters. The molecule has 1 aromatic carbocycles. The van der Waals surface area contributed by atoms with Gasteiger partial charge < -0.3 is 4.74 Å². The van der Waals surface area contributed by atoms with Gasteiger partial charge in [0.15, 0.2) is 9.84 Å². The molecule has 5 heteroatoms. The van der Waals surface area contributed by atoms with Crippen LogP contribution in [-0.4, -0.2) is 21.5 Å². The van der Waals surface area contributed by atoms with Crippen LogP contribution in [0, 0.1) is 6.92 Å². The molecule has 0 spiro atoms. The van der Waals surface area contributed by atoms with E-state index in [1.807, 2.05) is 0 Å². The number of carbonyl (C=O) groups is 1. The van der Waals surface area contributed by atoms with E-state index in [1.54, 1.807) is 19.1 Å². The molecule has 0 atom stereocenters. The highest BCUT2D eigenvalue weighted by Crippen LogP contribution is 2.13. The summed E-state index contributed by atoms with van der Waals surface area (Å²) in [6.45, 7) is 1.79. The molecular weight excluding hydrogens is 228 g/mol. The van der Waals surface area contributed by atoms with Crippen LogP contribution in [0.1, 0.15) is 5.56 Å². The lowest BCUT2D eigenvalue weighted by atomic mass is 10.2. The van der Waals surface area contributed by atoms with Gasteiger partial charge in [-0.2, -0.15) is 0 Å². The second-order valence-electron chi connectivity index (χ2n) is 3.19. The number of esters is 1. The summed E-state index contributed by atoms with van der Waals surface area (Å²) in [7, 11) is -2.38. The van der Waals surface area contributed by atoms with Crippen molar-refractivity contribution in [1.82, 2.24) is 0 Å². The lowest BCUT2D eigenvalue weighted by molar-refractivity contribution is -0.134. The average molecular weight is 240 g/mol. The Hall–Kier alpha value is -1.62. The fourth-order valence-corrected chi connectivity index (χ4v) is 2.15. The van der Waals surface area contributed by atoms with Crippen LogP contribution in [-0.2, 0) is 19.4 Å². The number of carbonyl (C=O) groups excluding carboxylic acids is 1. The van der Waals surface area contributed by atoms with Gasteiger partial charge in [0, 0.05) is 11.5 Å². The van der Waals surface area contributed by atoms with E-state index in [0.29, 0.717) is 0 Å². The maximum Gasteiger partial charge on any atom is 0.331 e. The van der Waals surface area contributed by atoms with E-state index in [0.717, 1.165) is 17.0 Å². The van der Waals surface area contributed by atoms with Gasteiger partial charge in [-0.1, -0.05) is 12.1 Å². The van der Waals surface area contributed by atoms with Gasteiger partial charge in [-0.15, -0.1) is 0 Å². The molecule has 0 bridgehead atoms. The number of aryl methyl sites for hydroxylation is 1. The average Bonchev–Trinajstić information content (AvgIpc) is 2.26. The Kier molecular flexibility index (Phi) is 3.84. The summed E-state index contributed by atoms with van der Waals surface area (Å²) in [6.07, 6.45) is 0.887. The van der Waals surface area contributed by atoms with E-state index in [1.165, 1.54) is 19.2 Å². The lowest BCUT2D eigenvalue weighted by Gasteiger charge is -1.99. The van der Waals surface area contributed by atoms with Gasteiger partial charge >= 0.3 is 5.97 Å². The summed E-state index contributed by atoms with van der Waals surface area (Å²) in [4.78, 5) is 10.9. The SMILES string of the molecule is COC(=O)/C=C/S(=O)(=O)c1cccc(C)c1. The lowest BCUT2D eigenvalue weighted by Crippen LogP contribution is -2.00.